The molecule has 1 aromatic rings. The fourth-order valence-corrected chi connectivity index (χ4v) is 2.20. The highest BCUT2D eigenvalue weighted by Crippen LogP contribution is 2.41. The Morgan fingerprint density at radius 2 is 2.33 bits per heavy atom. The fraction of sp³-hybridized carbons (Fsp3) is 0.545. The maximum Gasteiger partial charge on any atom is 0.347 e. The third-order valence-corrected chi connectivity index (χ3v) is 3.16. The summed E-state index contributed by atoms with van der Waals surface area (Å²) < 4.78 is 20.5. The molecule has 3 N–H and O–H groups in total. The Kier molecular flexibility index (Phi) is 4.15. The first-order valence-corrected chi connectivity index (χ1v) is 6.20. The Labute approximate surface area is 122 Å². The number of aliphatic hydroxyl groups is 2. The summed E-state index contributed by atoms with van der Waals surface area (Å²) in [6.07, 6.45) is -5.49. The number of rotatable bonds is 2. The molecule has 1 fully saturated rings. The Hall–Kier alpha value is -1.73. The summed E-state index contributed by atoms with van der Waals surface area (Å²) in [5.41, 5.74) is -4.61. The van der Waals surface area contributed by atoms with Gasteiger partial charge in [0, 0.05) is 5.38 Å². The van der Waals surface area contributed by atoms with Crippen LogP contribution in [0.15, 0.2) is 15.8 Å². The summed E-state index contributed by atoms with van der Waals surface area (Å²) in [4.78, 5) is 24.5. The predicted octanol–water partition coefficient (Wildman–Crippen LogP) is -1.52. The molecule has 1 saturated heterocycles. The SMILES string of the molecule is C[C@@H](O)[C@H]1O[C@@H](n2ncc(=O)[nH]c2=O)C(F)(C#CCl)[C@H]1O. The number of halogens is 2. The second-order valence-electron chi connectivity index (χ2n) is 4.51. The monoisotopic (exact) mass is 319 g/mol. The summed E-state index contributed by atoms with van der Waals surface area (Å²) in [7, 11) is 0. The van der Waals surface area contributed by atoms with Crippen molar-refractivity contribution in [3.8, 4) is 11.3 Å². The summed E-state index contributed by atoms with van der Waals surface area (Å²) in [6, 6.07) is 0. The van der Waals surface area contributed by atoms with Gasteiger partial charge in [-0.3, -0.25) is 9.78 Å². The average Bonchev–Trinajstić information content (AvgIpc) is 2.64. The van der Waals surface area contributed by atoms with Crippen molar-refractivity contribution >= 4 is 11.6 Å². The summed E-state index contributed by atoms with van der Waals surface area (Å²) >= 11 is 5.19. The van der Waals surface area contributed by atoms with Crippen LogP contribution >= 0.6 is 11.6 Å². The molecule has 1 aliphatic rings. The molecule has 8 nitrogen and oxygen atoms in total. The van der Waals surface area contributed by atoms with Gasteiger partial charge in [-0.05, 0) is 24.4 Å². The average molecular weight is 320 g/mol. The number of aliphatic hydroxyl groups excluding tert-OH is 2. The zero-order valence-electron chi connectivity index (χ0n) is 10.7. The molecule has 114 valence electrons. The topological polar surface area (TPSA) is 117 Å². The minimum atomic E-state index is -2.78. The van der Waals surface area contributed by atoms with E-state index in [0.29, 0.717) is 4.68 Å². The number of nitrogens with zero attached hydrogens (tertiary/aromatic N) is 2. The highest BCUT2D eigenvalue weighted by molar-refractivity contribution is 6.30. The third-order valence-electron chi connectivity index (χ3n) is 3.06. The molecule has 21 heavy (non-hydrogen) atoms. The van der Waals surface area contributed by atoms with E-state index in [1.54, 1.807) is 5.38 Å². The molecular weight excluding hydrogens is 309 g/mol. The van der Waals surface area contributed by atoms with Crippen molar-refractivity contribution in [2.75, 3.05) is 0 Å². The van der Waals surface area contributed by atoms with Gasteiger partial charge in [-0.2, -0.15) is 9.78 Å². The fourth-order valence-electron chi connectivity index (χ4n) is 2.06. The van der Waals surface area contributed by atoms with Crippen LogP contribution in [0.1, 0.15) is 13.2 Å². The van der Waals surface area contributed by atoms with Crippen LogP contribution in [0.2, 0.25) is 0 Å². The molecule has 0 aromatic carbocycles. The van der Waals surface area contributed by atoms with E-state index in [0.717, 1.165) is 6.20 Å². The first-order valence-electron chi connectivity index (χ1n) is 5.82. The minimum Gasteiger partial charge on any atom is -0.391 e. The predicted molar refractivity (Wildman–Crippen MR) is 68.2 cm³/mol. The molecule has 5 atom stereocenters. The largest absolute Gasteiger partial charge is 0.391 e. The van der Waals surface area contributed by atoms with Crippen LogP contribution in [0.3, 0.4) is 0 Å². The molecule has 1 aromatic heterocycles. The lowest BCUT2D eigenvalue weighted by Gasteiger charge is -2.22. The van der Waals surface area contributed by atoms with Gasteiger partial charge in [0.1, 0.15) is 18.4 Å². The molecule has 10 heteroatoms. The molecule has 0 aliphatic carbocycles. The number of aromatic nitrogens is 3. The van der Waals surface area contributed by atoms with E-state index in [4.69, 9.17) is 16.3 Å². The Balaban J connectivity index is 2.56. The zero-order chi connectivity index (χ0) is 15.8. The lowest BCUT2D eigenvalue weighted by atomic mass is 9.95. The number of hydrogen-bond donors (Lipinski definition) is 3. The van der Waals surface area contributed by atoms with Gasteiger partial charge < -0.3 is 14.9 Å². The maximum atomic E-state index is 14.9. The molecular formula is C11H11ClFN3O5. The van der Waals surface area contributed by atoms with E-state index in [9.17, 15) is 24.2 Å². The van der Waals surface area contributed by atoms with E-state index in [-0.39, 0.29) is 0 Å². The standard InChI is InChI=1S/C11H11ClFN3O5/c1-5(17)7-8(19)11(13,2-3-12)9(21-7)16-10(20)15-6(18)4-14-16/h4-5,7-9,17,19H,1H3,(H,15,18,20)/t5-,7-,8+,9-,11?/m1/s1. The number of ether oxygens (including phenoxy) is 1. The van der Waals surface area contributed by atoms with Crippen molar-refractivity contribution in [2.24, 2.45) is 0 Å². The molecule has 1 unspecified atom stereocenters. The van der Waals surface area contributed by atoms with Crippen molar-refractivity contribution in [3.05, 3.63) is 27.0 Å². The van der Waals surface area contributed by atoms with E-state index in [1.807, 2.05) is 10.9 Å². The normalized spacial score (nSPS) is 33.3. The lowest BCUT2D eigenvalue weighted by Crippen LogP contribution is -2.46. The van der Waals surface area contributed by atoms with Gasteiger partial charge in [0.2, 0.25) is 11.9 Å². The van der Waals surface area contributed by atoms with Crippen molar-refractivity contribution < 1.29 is 19.3 Å². The van der Waals surface area contributed by atoms with Gasteiger partial charge in [-0.15, -0.1) is 0 Å². The lowest BCUT2D eigenvalue weighted by molar-refractivity contribution is -0.0850. The summed E-state index contributed by atoms with van der Waals surface area (Å²) in [5, 5.41) is 24.7. The van der Waals surface area contributed by atoms with Crippen LogP contribution in [0.25, 0.3) is 0 Å². The second kappa shape index (κ2) is 5.57. The third kappa shape index (κ3) is 2.58. The van der Waals surface area contributed by atoms with Crippen molar-refractivity contribution in [1.82, 2.24) is 14.8 Å². The van der Waals surface area contributed by atoms with Crippen LogP contribution in [0.5, 0.6) is 0 Å². The molecule has 0 spiro atoms. The second-order valence-corrected chi connectivity index (χ2v) is 4.70. The zero-order valence-corrected chi connectivity index (χ0v) is 11.4. The molecule has 1 aliphatic heterocycles. The smallest absolute Gasteiger partial charge is 0.347 e. The van der Waals surface area contributed by atoms with E-state index < -0.39 is 41.5 Å². The molecule has 0 bridgehead atoms. The van der Waals surface area contributed by atoms with Gasteiger partial charge in [-0.1, -0.05) is 0 Å². The van der Waals surface area contributed by atoms with Crippen LogP contribution < -0.4 is 11.2 Å². The highest BCUT2D eigenvalue weighted by Gasteiger charge is 2.59. The van der Waals surface area contributed by atoms with Gasteiger partial charge in [0.15, 0.2) is 0 Å². The number of aromatic amines is 1. The van der Waals surface area contributed by atoms with E-state index in [1.165, 1.54) is 6.92 Å². The van der Waals surface area contributed by atoms with E-state index in [2.05, 4.69) is 5.10 Å². The molecule has 0 radical (unpaired) electrons. The van der Waals surface area contributed by atoms with Gasteiger partial charge >= 0.3 is 5.69 Å². The minimum absolute atomic E-state index is 0.480. The molecule has 0 saturated carbocycles. The number of hydrogen-bond acceptors (Lipinski definition) is 6. The molecule has 0 amide bonds. The van der Waals surface area contributed by atoms with Crippen molar-refractivity contribution in [1.29, 1.82) is 0 Å². The quantitative estimate of drug-likeness (QED) is 0.570. The van der Waals surface area contributed by atoms with Crippen molar-refractivity contribution in [2.45, 2.75) is 37.1 Å². The summed E-state index contributed by atoms with van der Waals surface area (Å²) in [6.45, 7) is 1.27. The maximum absolute atomic E-state index is 14.9. The first kappa shape index (κ1) is 15.7. The summed E-state index contributed by atoms with van der Waals surface area (Å²) in [5.74, 6) is 1.92. The molecule has 2 heterocycles. The van der Waals surface area contributed by atoms with Crippen molar-refractivity contribution in [3.63, 3.8) is 0 Å². The number of H-pyrrole nitrogens is 1. The van der Waals surface area contributed by atoms with Crippen LogP contribution in [0.4, 0.5) is 4.39 Å². The number of alkyl halides is 1. The Morgan fingerprint density at radius 1 is 1.67 bits per heavy atom. The van der Waals surface area contributed by atoms with Crippen LogP contribution in [-0.4, -0.2) is 49.0 Å². The van der Waals surface area contributed by atoms with Gasteiger partial charge in [-0.25, -0.2) is 9.18 Å². The molecule has 2 rings (SSSR count). The number of nitrogens with one attached hydrogen (secondary N) is 1. The van der Waals surface area contributed by atoms with Gasteiger partial charge in [0.05, 0.1) is 6.10 Å². The Bertz CT molecular complexity index is 708. The highest BCUT2D eigenvalue weighted by atomic mass is 35.5. The first-order chi connectivity index (χ1) is 9.81. The van der Waals surface area contributed by atoms with Crippen LogP contribution in [0, 0.1) is 11.3 Å². The van der Waals surface area contributed by atoms with Crippen LogP contribution in [-0.2, 0) is 4.74 Å². The van der Waals surface area contributed by atoms with E-state index >= 15 is 0 Å². The Morgan fingerprint density at radius 3 is 2.86 bits per heavy atom. The van der Waals surface area contributed by atoms with Gasteiger partial charge in [0.25, 0.3) is 5.56 Å².